The number of benzene rings is 5. The van der Waals surface area contributed by atoms with Crippen LogP contribution in [0, 0.1) is 0 Å². The molecular weight excluding hydrogens is 731 g/mol. The number of pyridine rings is 1. The van der Waals surface area contributed by atoms with Crippen molar-refractivity contribution in [2.75, 3.05) is 25.8 Å². The molecule has 0 N–H and O–H groups in total. The molecule has 58 heavy (non-hydrogen) atoms. The zero-order chi connectivity index (χ0) is 40.4. The molecule has 5 aromatic carbocycles. The standard InChI is InChI=1S/C48H49N3O7/c1-34(2)50-44(28-30-56-31-36-19-23-39(54-3)24-20-36)51(49-29-27-42(52)47(46(49)48(50)53)58-33-35-13-7-5-8-14-35)45(38-15-9-6-10-16-38)41-17-11-12-18-43(41)57-32-37-21-25-40(55-4)26-22-37/h5-27,29,34,44-45H,28,30-33H2,1-4H3. The van der Waals surface area contributed by atoms with E-state index >= 15 is 0 Å². The Kier molecular flexibility index (Phi) is 12.7. The van der Waals surface area contributed by atoms with Gasteiger partial charge in [-0.05, 0) is 66.4 Å². The van der Waals surface area contributed by atoms with Gasteiger partial charge in [0.25, 0.3) is 5.91 Å². The molecule has 10 heteroatoms. The van der Waals surface area contributed by atoms with Crippen LogP contribution in [0.2, 0.25) is 0 Å². The molecule has 0 spiro atoms. The quantitative estimate of drug-likeness (QED) is 0.0852. The van der Waals surface area contributed by atoms with E-state index in [2.05, 4.69) is 23.2 Å². The average Bonchev–Trinajstić information content (AvgIpc) is 3.26. The summed E-state index contributed by atoms with van der Waals surface area (Å²) >= 11 is 0. The van der Waals surface area contributed by atoms with E-state index in [9.17, 15) is 9.59 Å². The fourth-order valence-corrected chi connectivity index (χ4v) is 7.37. The van der Waals surface area contributed by atoms with Crippen LogP contribution >= 0.6 is 0 Å². The molecular formula is C48H49N3O7. The number of fused-ring (bicyclic) bond motifs is 1. The number of carbonyl (C=O) groups is 1. The second-order valence-corrected chi connectivity index (χ2v) is 14.3. The fourth-order valence-electron chi connectivity index (χ4n) is 7.37. The van der Waals surface area contributed by atoms with E-state index in [0.717, 1.165) is 39.3 Å². The van der Waals surface area contributed by atoms with Gasteiger partial charge in [-0.25, -0.2) is 0 Å². The highest BCUT2D eigenvalue weighted by molar-refractivity contribution is 5.97. The topological polar surface area (TPSA) is 91.7 Å². The predicted molar refractivity (Wildman–Crippen MR) is 224 cm³/mol. The number of carbonyl (C=O) groups excluding carboxylic acids is 1. The van der Waals surface area contributed by atoms with Crippen molar-refractivity contribution in [1.82, 2.24) is 9.58 Å². The second kappa shape index (κ2) is 18.6. The minimum Gasteiger partial charge on any atom is -0.497 e. The molecule has 7 rings (SSSR count). The van der Waals surface area contributed by atoms with Gasteiger partial charge in [-0.2, -0.15) is 0 Å². The molecule has 10 nitrogen and oxygen atoms in total. The maximum Gasteiger partial charge on any atom is 0.278 e. The van der Waals surface area contributed by atoms with Crippen LogP contribution in [0.5, 0.6) is 23.0 Å². The van der Waals surface area contributed by atoms with E-state index in [1.165, 1.54) is 6.07 Å². The number of amides is 1. The Morgan fingerprint density at radius 1 is 0.621 bits per heavy atom. The number of methoxy groups -OCH3 is 2. The lowest BCUT2D eigenvalue weighted by Gasteiger charge is -2.51. The summed E-state index contributed by atoms with van der Waals surface area (Å²) in [7, 11) is 3.29. The summed E-state index contributed by atoms with van der Waals surface area (Å²) in [4.78, 5) is 30.5. The van der Waals surface area contributed by atoms with Gasteiger partial charge in [0.2, 0.25) is 5.43 Å². The predicted octanol–water partition coefficient (Wildman–Crippen LogP) is 8.55. The molecule has 1 aliphatic rings. The largest absolute Gasteiger partial charge is 0.497 e. The maximum atomic E-state index is 15.0. The third-order valence-electron chi connectivity index (χ3n) is 10.2. The number of rotatable bonds is 17. The fraction of sp³-hybridized carbons (Fsp3) is 0.250. The van der Waals surface area contributed by atoms with Gasteiger partial charge in [0.05, 0.1) is 27.4 Å². The van der Waals surface area contributed by atoms with Crippen molar-refractivity contribution in [3.05, 3.63) is 189 Å². The van der Waals surface area contributed by atoms with E-state index in [-0.39, 0.29) is 35.4 Å². The van der Waals surface area contributed by atoms with Crippen molar-refractivity contribution in [2.45, 2.75) is 58.3 Å². The minimum absolute atomic E-state index is 0.00272. The first kappa shape index (κ1) is 39.7. The molecule has 2 atom stereocenters. The average molecular weight is 780 g/mol. The monoisotopic (exact) mass is 779 g/mol. The summed E-state index contributed by atoms with van der Waals surface area (Å²) in [5.41, 5.74) is 4.48. The van der Waals surface area contributed by atoms with Crippen LogP contribution in [-0.2, 0) is 24.6 Å². The third-order valence-corrected chi connectivity index (χ3v) is 10.2. The van der Waals surface area contributed by atoms with Gasteiger partial charge in [-0.15, -0.1) is 0 Å². The first-order chi connectivity index (χ1) is 28.4. The van der Waals surface area contributed by atoms with Gasteiger partial charge in [-0.3, -0.25) is 19.3 Å². The van der Waals surface area contributed by atoms with Gasteiger partial charge >= 0.3 is 0 Å². The van der Waals surface area contributed by atoms with E-state index < -0.39 is 12.2 Å². The van der Waals surface area contributed by atoms with Crippen LogP contribution in [-0.4, -0.2) is 48.5 Å². The van der Waals surface area contributed by atoms with Gasteiger partial charge in [-0.1, -0.05) is 103 Å². The number of para-hydroxylation sites is 1. The number of hydrogen-bond donors (Lipinski definition) is 0. The van der Waals surface area contributed by atoms with Crippen LogP contribution in [0.4, 0.5) is 0 Å². The molecule has 2 heterocycles. The SMILES string of the molecule is COc1ccc(COCCC2N(C(C)C)C(=O)c3c(OCc4ccccc4)c(=O)ccn3N2C(c2ccccc2)c2ccccc2OCc2ccc(OC)cc2)cc1. The maximum absolute atomic E-state index is 15.0. The first-order valence-corrected chi connectivity index (χ1v) is 19.5. The molecule has 6 aromatic rings. The first-order valence-electron chi connectivity index (χ1n) is 19.5. The Bertz CT molecular complexity index is 2310. The normalized spacial score (nSPS) is 14.2. The van der Waals surface area contributed by atoms with Crippen LogP contribution in [0.25, 0.3) is 0 Å². The second-order valence-electron chi connectivity index (χ2n) is 14.3. The molecule has 1 amide bonds. The molecule has 298 valence electrons. The van der Waals surface area contributed by atoms with Gasteiger partial charge in [0.15, 0.2) is 11.4 Å². The molecule has 1 aliphatic heterocycles. The smallest absolute Gasteiger partial charge is 0.278 e. The van der Waals surface area contributed by atoms with E-state index in [1.54, 1.807) is 20.4 Å². The zero-order valence-corrected chi connectivity index (χ0v) is 33.3. The molecule has 2 unspecified atom stereocenters. The minimum atomic E-state index is -0.528. The van der Waals surface area contributed by atoms with Crippen molar-refractivity contribution in [2.24, 2.45) is 0 Å². The van der Waals surface area contributed by atoms with Crippen LogP contribution in [0.1, 0.15) is 64.6 Å². The molecule has 0 fully saturated rings. The Morgan fingerprint density at radius 3 is 1.83 bits per heavy atom. The van der Waals surface area contributed by atoms with E-state index in [0.29, 0.717) is 32.0 Å². The summed E-state index contributed by atoms with van der Waals surface area (Å²) in [5, 5.41) is 2.17. The number of ether oxygens (including phenoxy) is 5. The van der Waals surface area contributed by atoms with Crippen molar-refractivity contribution >= 4 is 5.91 Å². The number of nitrogens with zero attached hydrogens (tertiary/aromatic N) is 3. The van der Waals surface area contributed by atoms with Crippen LogP contribution < -0.4 is 29.4 Å². The van der Waals surface area contributed by atoms with Gasteiger partial charge in [0, 0.05) is 30.3 Å². The summed E-state index contributed by atoms with van der Waals surface area (Å²) in [6.07, 6.45) is 1.61. The summed E-state index contributed by atoms with van der Waals surface area (Å²) in [6, 6.07) is 44.0. The molecule has 1 aromatic heterocycles. The zero-order valence-electron chi connectivity index (χ0n) is 33.3. The molecule has 0 aliphatic carbocycles. The molecule has 0 radical (unpaired) electrons. The lowest BCUT2D eigenvalue weighted by atomic mass is 9.95. The van der Waals surface area contributed by atoms with Gasteiger partial charge in [0.1, 0.15) is 42.7 Å². The third kappa shape index (κ3) is 8.87. The highest BCUT2D eigenvalue weighted by Gasteiger charge is 2.45. The van der Waals surface area contributed by atoms with Crippen molar-refractivity contribution in [1.29, 1.82) is 0 Å². The highest BCUT2D eigenvalue weighted by Crippen LogP contribution is 2.40. The molecule has 0 bridgehead atoms. The number of hydrogen-bond acceptors (Lipinski definition) is 8. The Labute approximate surface area is 339 Å². The van der Waals surface area contributed by atoms with Crippen LogP contribution in [0.3, 0.4) is 0 Å². The molecule has 0 saturated heterocycles. The summed E-state index contributed by atoms with van der Waals surface area (Å²) < 4.78 is 31.8. The number of aromatic nitrogens is 1. The summed E-state index contributed by atoms with van der Waals surface area (Å²) in [5.74, 6) is 1.92. The van der Waals surface area contributed by atoms with Crippen molar-refractivity contribution < 1.29 is 28.5 Å². The lowest BCUT2D eigenvalue weighted by Crippen LogP contribution is -2.64. The Hall–Kier alpha value is -6.52. The Balaban J connectivity index is 1.34. The highest BCUT2D eigenvalue weighted by atomic mass is 16.5. The summed E-state index contributed by atoms with van der Waals surface area (Å²) in [6.45, 7) is 5.15. The Morgan fingerprint density at radius 2 is 1.19 bits per heavy atom. The van der Waals surface area contributed by atoms with Crippen molar-refractivity contribution in [3.63, 3.8) is 0 Å². The lowest BCUT2D eigenvalue weighted by molar-refractivity contribution is 0.0333. The van der Waals surface area contributed by atoms with E-state index in [1.807, 2.05) is 139 Å². The van der Waals surface area contributed by atoms with Crippen LogP contribution in [0.15, 0.2) is 151 Å². The molecule has 0 saturated carbocycles. The van der Waals surface area contributed by atoms with Crippen molar-refractivity contribution in [3.8, 4) is 23.0 Å². The van der Waals surface area contributed by atoms with E-state index in [4.69, 9.17) is 23.7 Å². The van der Waals surface area contributed by atoms with Gasteiger partial charge < -0.3 is 28.6 Å².